The fourth-order valence-electron chi connectivity index (χ4n) is 1.05. The monoisotopic (exact) mass is 279 g/mol. The zero-order valence-electron chi connectivity index (χ0n) is 8.05. The van der Waals surface area contributed by atoms with Crippen molar-refractivity contribution < 1.29 is 18.3 Å². The Morgan fingerprint density at radius 1 is 1.60 bits per heavy atom. The standard InChI is InChI=1S/C9H8BrF2NO2/c1-4-7(10)5(9(14)15-2)3-6(13-4)8(11)12/h3,8H,1-2H3. The highest BCUT2D eigenvalue weighted by atomic mass is 79.9. The Hall–Kier alpha value is -1.04. The number of hydrogen-bond acceptors (Lipinski definition) is 3. The van der Waals surface area contributed by atoms with Gasteiger partial charge in [0.2, 0.25) is 0 Å². The molecule has 0 aromatic carbocycles. The molecule has 0 spiro atoms. The van der Waals surface area contributed by atoms with Crippen LogP contribution in [0.2, 0.25) is 0 Å². The van der Waals surface area contributed by atoms with E-state index in [-0.39, 0.29) is 5.56 Å². The molecule has 1 aromatic heterocycles. The number of pyridine rings is 1. The molecule has 1 rings (SSSR count). The summed E-state index contributed by atoms with van der Waals surface area (Å²) in [6, 6.07) is 1.02. The summed E-state index contributed by atoms with van der Waals surface area (Å²) >= 11 is 3.10. The molecule has 0 aliphatic heterocycles. The van der Waals surface area contributed by atoms with E-state index in [4.69, 9.17) is 0 Å². The Kier molecular flexibility index (Phi) is 3.73. The van der Waals surface area contributed by atoms with Gasteiger partial charge in [-0.05, 0) is 28.9 Å². The molecule has 0 aliphatic carbocycles. The lowest BCUT2D eigenvalue weighted by molar-refractivity contribution is 0.0598. The summed E-state index contributed by atoms with van der Waals surface area (Å²) in [6.07, 6.45) is -2.71. The van der Waals surface area contributed by atoms with E-state index in [2.05, 4.69) is 25.7 Å². The van der Waals surface area contributed by atoms with Gasteiger partial charge < -0.3 is 4.74 Å². The molecule has 0 saturated carbocycles. The molecule has 0 aliphatic rings. The molecule has 3 nitrogen and oxygen atoms in total. The molecule has 0 bridgehead atoms. The fraction of sp³-hybridized carbons (Fsp3) is 0.333. The number of halogens is 3. The zero-order valence-corrected chi connectivity index (χ0v) is 9.64. The van der Waals surface area contributed by atoms with Crippen LogP contribution in [0.3, 0.4) is 0 Å². The van der Waals surface area contributed by atoms with E-state index in [9.17, 15) is 13.6 Å². The van der Waals surface area contributed by atoms with Gasteiger partial charge in [0, 0.05) is 0 Å². The van der Waals surface area contributed by atoms with Gasteiger partial charge in [-0.15, -0.1) is 0 Å². The number of ether oxygens (including phenoxy) is 1. The molecule has 0 fully saturated rings. The molecule has 15 heavy (non-hydrogen) atoms. The van der Waals surface area contributed by atoms with Gasteiger partial charge >= 0.3 is 5.97 Å². The minimum absolute atomic E-state index is 0.0558. The van der Waals surface area contributed by atoms with E-state index in [0.717, 1.165) is 6.07 Å². The summed E-state index contributed by atoms with van der Waals surface area (Å²) in [5.41, 5.74) is -0.0513. The first-order valence-electron chi connectivity index (χ1n) is 4.01. The summed E-state index contributed by atoms with van der Waals surface area (Å²) in [4.78, 5) is 14.9. The zero-order chi connectivity index (χ0) is 11.6. The SMILES string of the molecule is COC(=O)c1cc(C(F)F)nc(C)c1Br. The van der Waals surface area contributed by atoms with Gasteiger partial charge in [0.05, 0.1) is 22.8 Å². The van der Waals surface area contributed by atoms with Gasteiger partial charge in [0.15, 0.2) is 0 Å². The lowest BCUT2D eigenvalue weighted by Gasteiger charge is -2.07. The summed E-state index contributed by atoms with van der Waals surface area (Å²) < 4.78 is 29.6. The van der Waals surface area contributed by atoms with Gasteiger partial charge in [-0.2, -0.15) is 0 Å². The average Bonchev–Trinajstić information content (AvgIpc) is 2.20. The van der Waals surface area contributed by atoms with Crippen LogP contribution in [-0.4, -0.2) is 18.1 Å². The third-order valence-corrected chi connectivity index (χ3v) is 2.77. The average molecular weight is 280 g/mol. The van der Waals surface area contributed by atoms with Crippen molar-refractivity contribution in [3.8, 4) is 0 Å². The normalized spacial score (nSPS) is 10.5. The van der Waals surface area contributed by atoms with Gasteiger partial charge in [-0.25, -0.2) is 13.6 Å². The molecule has 0 radical (unpaired) electrons. The quantitative estimate of drug-likeness (QED) is 0.782. The van der Waals surface area contributed by atoms with E-state index in [1.807, 2.05) is 0 Å². The maximum absolute atomic E-state index is 12.4. The van der Waals surface area contributed by atoms with Crippen molar-refractivity contribution in [2.24, 2.45) is 0 Å². The number of alkyl halides is 2. The lowest BCUT2D eigenvalue weighted by Crippen LogP contribution is -2.06. The van der Waals surface area contributed by atoms with Crippen molar-refractivity contribution in [2.75, 3.05) is 7.11 Å². The molecule has 0 N–H and O–H groups in total. The van der Waals surface area contributed by atoms with Crippen LogP contribution in [-0.2, 0) is 4.74 Å². The van der Waals surface area contributed by atoms with Gasteiger partial charge in [0.1, 0.15) is 5.69 Å². The predicted molar refractivity (Wildman–Crippen MR) is 53.0 cm³/mol. The molecule has 82 valence electrons. The minimum atomic E-state index is -2.71. The van der Waals surface area contributed by atoms with Crippen molar-refractivity contribution in [1.82, 2.24) is 4.98 Å². The van der Waals surface area contributed by atoms with Crippen LogP contribution >= 0.6 is 15.9 Å². The topological polar surface area (TPSA) is 39.2 Å². The molecule has 0 saturated heterocycles. The van der Waals surface area contributed by atoms with Gasteiger partial charge in [0.25, 0.3) is 6.43 Å². The number of esters is 1. The summed E-state index contributed by atoms with van der Waals surface area (Å²) in [5, 5.41) is 0. The van der Waals surface area contributed by atoms with Crippen LogP contribution in [0.1, 0.15) is 28.2 Å². The van der Waals surface area contributed by atoms with E-state index in [1.165, 1.54) is 14.0 Å². The summed E-state index contributed by atoms with van der Waals surface area (Å²) in [7, 11) is 1.19. The van der Waals surface area contributed by atoms with Gasteiger partial charge in [-0.3, -0.25) is 4.98 Å². The third-order valence-electron chi connectivity index (χ3n) is 1.77. The number of aromatic nitrogens is 1. The number of rotatable bonds is 2. The largest absolute Gasteiger partial charge is 0.465 e. The second-order valence-electron chi connectivity index (χ2n) is 2.79. The highest BCUT2D eigenvalue weighted by molar-refractivity contribution is 9.10. The fourth-order valence-corrected chi connectivity index (χ4v) is 1.42. The second-order valence-corrected chi connectivity index (χ2v) is 3.58. The first kappa shape index (κ1) is 12.0. The number of carbonyl (C=O) groups excluding carboxylic acids is 1. The second kappa shape index (κ2) is 4.65. The van der Waals surface area contributed by atoms with Crippen LogP contribution in [0.4, 0.5) is 8.78 Å². The highest BCUT2D eigenvalue weighted by Crippen LogP contribution is 2.26. The number of hydrogen-bond donors (Lipinski definition) is 0. The number of methoxy groups -OCH3 is 1. The Morgan fingerprint density at radius 3 is 2.67 bits per heavy atom. The molecule has 0 unspecified atom stereocenters. The van der Waals surface area contributed by atoms with E-state index in [1.54, 1.807) is 0 Å². The van der Waals surface area contributed by atoms with Crippen LogP contribution in [0.25, 0.3) is 0 Å². The Morgan fingerprint density at radius 2 is 2.20 bits per heavy atom. The van der Waals surface area contributed by atoms with E-state index in [0.29, 0.717) is 10.2 Å². The Labute approximate surface area is 93.6 Å². The van der Waals surface area contributed by atoms with E-state index >= 15 is 0 Å². The molecule has 1 heterocycles. The van der Waals surface area contributed by atoms with Crippen molar-refractivity contribution in [3.05, 3.63) is 27.5 Å². The van der Waals surface area contributed by atoms with Crippen molar-refractivity contribution >= 4 is 21.9 Å². The van der Waals surface area contributed by atoms with Crippen molar-refractivity contribution in [3.63, 3.8) is 0 Å². The van der Waals surface area contributed by atoms with E-state index < -0.39 is 18.1 Å². The molecule has 1 aromatic rings. The maximum Gasteiger partial charge on any atom is 0.339 e. The highest BCUT2D eigenvalue weighted by Gasteiger charge is 2.18. The smallest absolute Gasteiger partial charge is 0.339 e. The maximum atomic E-state index is 12.4. The predicted octanol–water partition coefficient (Wildman–Crippen LogP) is 2.88. The minimum Gasteiger partial charge on any atom is -0.465 e. The van der Waals surface area contributed by atoms with Gasteiger partial charge in [-0.1, -0.05) is 0 Å². The number of nitrogens with zero attached hydrogens (tertiary/aromatic N) is 1. The van der Waals surface area contributed by atoms with Crippen LogP contribution in [0.5, 0.6) is 0 Å². The van der Waals surface area contributed by atoms with Crippen molar-refractivity contribution in [2.45, 2.75) is 13.3 Å². The molecule has 6 heteroatoms. The van der Waals surface area contributed by atoms with Crippen LogP contribution in [0.15, 0.2) is 10.5 Å². The lowest BCUT2D eigenvalue weighted by atomic mass is 10.2. The third kappa shape index (κ3) is 2.50. The first-order chi connectivity index (χ1) is 6.97. The Balaban J connectivity index is 3.31. The molecule has 0 atom stereocenters. The summed E-state index contributed by atoms with van der Waals surface area (Å²) in [5.74, 6) is -0.672. The van der Waals surface area contributed by atoms with Crippen LogP contribution in [0, 0.1) is 6.92 Å². The number of carbonyl (C=O) groups is 1. The molecular weight excluding hydrogens is 272 g/mol. The molecule has 0 amide bonds. The molecular formula is C9H8BrF2NO2. The van der Waals surface area contributed by atoms with Crippen molar-refractivity contribution in [1.29, 1.82) is 0 Å². The van der Waals surface area contributed by atoms with Crippen LogP contribution < -0.4 is 0 Å². The summed E-state index contributed by atoms with van der Waals surface area (Å²) in [6.45, 7) is 1.53. The Bertz CT molecular complexity index is 396. The first-order valence-corrected chi connectivity index (χ1v) is 4.80. The number of aryl methyl sites for hydroxylation is 1.